The van der Waals surface area contributed by atoms with E-state index in [4.69, 9.17) is 5.11 Å². The Kier molecular flexibility index (Phi) is 6.50. The fraction of sp³-hybridized carbons (Fsp3) is 0.280. The number of benzene rings is 3. The van der Waals surface area contributed by atoms with E-state index in [0.717, 1.165) is 16.3 Å². The fourth-order valence-electron chi connectivity index (χ4n) is 4.14. The number of hydrogen-bond acceptors (Lipinski definition) is 5. The summed E-state index contributed by atoms with van der Waals surface area (Å²) in [6, 6.07) is 19.5. The zero-order valence-electron chi connectivity index (χ0n) is 17.6. The van der Waals surface area contributed by atoms with Crippen molar-refractivity contribution in [2.45, 2.75) is 24.2 Å². The molecule has 32 heavy (non-hydrogen) atoms. The van der Waals surface area contributed by atoms with Crippen molar-refractivity contribution in [3.05, 3.63) is 77.9 Å². The van der Waals surface area contributed by atoms with Gasteiger partial charge >= 0.3 is 0 Å². The van der Waals surface area contributed by atoms with Crippen molar-refractivity contribution in [2.24, 2.45) is 5.92 Å². The average Bonchev–Trinajstić information content (AvgIpc) is 2.83. The Morgan fingerprint density at radius 1 is 0.906 bits per heavy atom. The Labute approximate surface area is 187 Å². The van der Waals surface area contributed by atoms with Gasteiger partial charge in [-0.05, 0) is 41.3 Å². The highest BCUT2D eigenvalue weighted by Crippen LogP contribution is 2.27. The highest BCUT2D eigenvalue weighted by atomic mass is 32.2. The lowest BCUT2D eigenvalue weighted by atomic mass is 9.90. The number of sulfonamides is 1. The van der Waals surface area contributed by atoms with Crippen LogP contribution in [0.4, 0.5) is 0 Å². The molecule has 0 amide bonds. The molecule has 0 spiro atoms. The van der Waals surface area contributed by atoms with E-state index in [1.807, 2.05) is 30.3 Å². The molecule has 1 aliphatic rings. The molecule has 1 heterocycles. The van der Waals surface area contributed by atoms with Gasteiger partial charge in [0.15, 0.2) is 5.78 Å². The minimum absolute atomic E-state index is 0.0778. The van der Waals surface area contributed by atoms with E-state index in [9.17, 15) is 18.0 Å². The maximum atomic E-state index is 13.1. The Morgan fingerprint density at radius 2 is 1.56 bits per heavy atom. The van der Waals surface area contributed by atoms with E-state index < -0.39 is 16.6 Å². The van der Waals surface area contributed by atoms with Crippen LogP contribution in [0.25, 0.3) is 10.8 Å². The highest BCUT2D eigenvalue weighted by Gasteiger charge is 2.32. The van der Waals surface area contributed by atoms with Gasteiger partial charge in [-0.2, -0.15) is 4.31 Å². The second-order valence-corrected chi connectivity index (χ2v) is 10.0. The lowest BCUT2D eigenvalue weighted by Crippen LogP contribution is -2.40. The molecule has 0 radical (unpaired) electrons. The number of fused-ring (bicyclic) bond motifs is 1. The van der Waals surface area contributed by atoms with Crippen LogP contribution in [0.5, 0.6) is 0 Å². The Balaban J connectivity index is 1.38. The van der Waals surface area contributed by atoms with Crippen molar-refractivity contribution in [1.29, 1.82) is 0 Å². The van der Waals surface area contributed by atoms with Gasteiger partial charge in [-0.25, -0.2) is 8.42 Å². The zero-order chi connectivity index (χ0) is 22.7. The summed E-state index contributed by atoms with van der Waals surface area (Å²) in [5.74, 6) is -0.464. The summed E-state index contributed by atoms with van der Waals surface area (Å²) in [7, 11) is -3.61. The summed E-state index contributed by atoms with van der Waals surface area (Å²) < 4.78 is 27.7. The Bertz CT molecular complexity index is 1240. The molecule has 166 valence electrons. The number of nitrogens with zero attached hydrogens (tertiary/aromatic N) is 1. The number of aliphatic hydroxyl groups is 1. The van der Waals surface area contributed by atoms with Crippen LogP contribution in [-0.2, 0) is 21.2 Å². The first-order valence-electron chi connectivity index (χ1n) is 10.6. The normalized spacial score (nSPS) is 15.7. The van der Waals surface area contributed by atoms with Gasteiger partial charge in [0.05, 0.1) is 4.90 Å². The van der Waals surface area contributed by atoms with Crippen LogP contribution in [0.3, 0.4) is 0 Å². The number of carbonyl (C=O) groups is 2. The number of Topliss-reactive ketones (excluding diaryl/α,β-unsaturated/α-hetero) is 2. The molecule has 0 saturated carbocycles. The van der Waals surface area contributed by atoms with Crippen LogP contribution in [-0.4, -0.2) is 49.1 Å². The molecule has 0 bridgehead atoms. The maximum absolute atomic E-state index is 13.1. The van der Waals surface area contributed by atoms with E-state index >= 15 is 0 Å². The van der Waals surface area contributed by atoms with Gasteiger partial charge < -0.3 is 5.11 Å². The van der Waals surface area contributed by atoms with Gasteiger partial charge in [-0.1, -0.05) is 54.6 Å². The predicted molar refractivity (Wildman–Crippen MR) is 122 cm³/mol. The third-order valence-electron chi connectivity index (χ3n) is 6.07. The van der Waals surface area contributed by atoms with Crippen LogP contribution < -0.4 is 0 Å². The first-order chi connectivity index (χ1) is 15.4. The smallest absolute Gasteiger partial charge is 0.243 e. The third-order valence-corrected chi connectivity index (χ3v) is 7.96. The SMILES string of the molecule is O=C(CO)c1ccc(CC(=O)C2CCN(S(=O)(=O)c3ccc4ccccc4c3)CC2)cc1. The van der Waals surface area contributed by atoms with E-state index in [2.05, 4.69) is 0 Å². The summed E-state index contributed by atoms with van der Waals surface area (Å²) in [5.41, 5.74) is 1.21. The number of carbonyl (C=O) groups excluding carboxylic acids is 2. The molecule has 1 aliphatic heterocycles. The van der Waals surface area contributed by atoms with Crippen molar-refractivity contribution in [3.63, 3.8) is 0 Å². The summed E-state index contributed by atoms with van der Waals surface area (Å²) in [4.78, 5) is 24.5. The summed E-state index contributed by atoms with van der Waals surface area (Å²) in [6.07, 6.45) is 1.23. The Morgan fingerprint density at radius 3 is 2.22 bits per heavy atom. The lowest BCUT2D eigenvalue weighted by molar-refractivity contribution is -0.123. The van der Waals surface area contributed by atoms with Gasteiger partial charge in [0.1, 0.15) is 12.4 Å². The second kappa shape index (κ2) is 9.32. The standard InChI is InChI=1S/C25H25NO5S/c27-17-25(29)20-7-5-18(6-8-20)15-24(28)21-11-13-26(14-12-21)32(30,31)23-10-9-19-3-1-2-4-22(19)16-23/h1-10,16,21,27H,11-15,17H2. The number of aliphatic hydroxyl groups excluding tert-OH is 1. The number of ketones is 2. The maximum Gasteiger partial charge on any atom is 0.243 e. The average molecular weight is 452 g/mol. The van der Waals surface area contributed by atoms with Gasteiger partial charge in [0.25, 0.3) is 0 Å². The summed E-state index contributed by atoms with van der Waals surface area (Å²) in [5, 5.41) is 10.8. The topological polar surface area (TPSA) is 91.8 Å². The van der Waals surface area contributed by atoms with Crippen LogP contribution in [0.1, 0.15) is 28.8 Å². The second-order valence-electron chi connectivity index (χ2n) is 8.11. The molecule has 4 rings (SSSR count). The van der Waals surface area contributed by atoms with Crippen molar-refractivity contribution in [2.75, 3.05) is 19.7 Å². The van der Waals surface area contributed by atoms with Crippen LogP contribution in [0, 0.1) is 5.92 Å². The largest absolute Gasteiger partial charge is 0.388 e. The molecule has 7 heteroatoms. The van der Waals surface area contributed by atoms with Gasteiger partial charge in [-0.15, -0.1) is 0 Å². The zero-order valence-corrected chi connectivity index (χ0v) is 18.4. The molecule has 3 aromatic rings. The molecule has 0 atom stereocenters. The van der Waals surface area contributed by atoms with Crippen molar-refractivity contribution < 1.29 is 23.1 Å². The predicted octanol–water partition coefficient (Wildman–Crippen LogP) is 3.23. The third kappa shape index (κ3) is 4.65. The number of rotatable bonds is 7. The van der Waals surface area contributed by atoms with Crippen LogP contribution in [0.15, 0.2) is 71.6 Å². The number of hydrogen-bond donors (Lipinski definition) is 1. The minimum atomic E-state index is -3.61. The fourth-order valence-corrected chi connectivity index (χ4v) is 5.65. The molecule has 1 fully saturated rings. The van der Waals surface area contributed by atoms with Gasteiger partial charge in [-0.3, -0.25) is 9.59 Å². The minimum Gasteiger partial charge on any atom is -0.388 e. The summed E-state index contributed by atoms with van der Waals surface area (Å²) >= 11 is 0. The van der Waals surface area contributed by atoms with Crippen molar-refractivity contribution >= 4 is 32.4 Å². The molecular weight excluding hydrogens is 426 g/mol. The molecule has 3 aromatic carbocycles. The lowest BCUT2D eigenvalue weighted by Gasteiger charge is -2.30. The monoisotopic (exact) mass is 451 g/mol. The number of piperidine rings is 1. The molecule has 0 unspecified atom stereocenters. The van der Waals surface area contributed by atoms with E-state index in [1.54, 1.807) is 36.4 Å². The van der Waals surface area contributed by atoms with Gasteiger partial charge in [0.2, 0.25) is 10.0 Å². The van der Waals surface area contributed by atoms with Crippen LogP contribution in [0.2, 0.25) is 0 Å². The summed E-state index contributed by atoms with van der Waals surface area (Å²) in [6.45, 7) is 0.0873. The molecule has 0 aromatic heterocycles. The van der Waals surface area contributed by atoms with Crippen molar-refractivity contribution in [3.8, 4) is 0 Å². The van der Waals surface area contributed by atoms with E-state index in [1.165, 1.54) is 4.31 Å². The van der Waals surface area contributed by atoms with E-state index in [-0.39, 0.29) is 28.8 Å². The molecule has 6 nitrogen and oxygen atoms in total. The molecule has 1 N–H and O–H groups in total. The van der Waals surface area contributed by atoms with Gasteiger partial charge in [0, 0.05) is 31.0 Å². The first kappa shape index (κ1) is 22.3. The highest BCUT2D eigenvalue weighted by molar-refractivity contribution is 7.89. The first-order valence-corrected chi connectivity index (χ1v) is 12.1. The van der Waals surface area contributed by atoms with Crippen LogP contribution >= 0.6 is 0 Å². The quantitative estimate of drug-likeness (QED) is 0.557. The Hall–Kier alpha value is -2.87. The van der Waals surface area contributed by atoms with E-state index in [0.29, 0.717) is 31.5 Å². The molecular formula is C25H25NO5S. The molecule has 1 saturated heterocycles. The van der Waals surface area contributed by atoms with Crippen molar-refractivity contribution in [1.82, 2.24) is 4.31 Å². The molecule has 0 aliphatic carbocycles.